The van der Waals surface area contributed by atoms with E-state index in [0.717, 1.165) is 0 Å². The lowest BCUT2D eigenvalue weighted by Gasteiger charge is -2.25. The topological polar surface area (TPSA) is 57.6 Å². The van der Waals surface area contributed by atoms with Crippen molar-refractivity contribution in [1.29, 1.82) is 0 Å². The fourth-order valence-corrected chi connectivity index (χ4v) is 3.57. The molecule has 6 heteroatoms. The Morgan fingerprint density at radius 2 is 1.52 bits per heavy atom. The molecule has 4 rings (SSSR count). The van der Waals surface area contributed by atoms with Gasteiger partial charge in [-0.15, -0.1) is 0 Å². The first-order valence-corrected chi connectivity index (χ1v) is 9.23. The molecule has 1 amide bonds. The van der Waals surface area contributed by atoms with Crippen LogP contribution in [0.15, 0.2) is 84.4 Å². The Morgan fingerprint density at radius 3 is 2.17 bits per heavy atom. The van der Waals surface area contributed by atoms with Crippen LogP contribution in [-0.2, 0) is 9.59 Å². The Morgan fingerprint density at radius 1 is 0.897 bits per heavy atom. The van der Waals surface area contributed by atoms with E-state index in [1.165, 1.54) is 35.2 Å². The van der Waals surface area contributed by atoms with Crippen LogP contribution in [0.4, 0.5) is 10.1 Å². The molecular formula is C23H15ClFNO3. The molecule has 3 aromatic rings. The monoisotopic (exact) mass is 407 g/mol. The molecule has 29 heavy (non-hydrogen) atoms. The molecule has 1 aliphatic heterocycles. The number of aliphatic hydroxyl groups is 1. The molecule has 1 atom stereocenters. The third-order valence-electron chi connectivity index (χ3n) is 4.80. The van der Waals surface area contributed by atoms with Crippen molar-refractivity contribution in [2.45, 2.75) is 6.04 Å². The Bertz CT molecular complexity index is 1130. The van der Waals surface area contributed by atoms with Gasteiger partial charge < -0.3 is 5.11 Å². The molecule has 1 aliphatic rings. The third-order valence-corrected chi connectivity index (χ3v) is 5.05. The maximum absolute atomic E-state index is 14.7. The number of hydrogen-bond donors (Lipinski definition) is 1. The molecule has 4 nitrogen and oxygen atoms in total. The van der Waals surface area contributed by atoms with Gasteiger partial charge in [-0.1, -0.05) is 48.0 Å². The molecule has 1 saturated heterocycles. The summed E-state index contributed by atoms with van der Waals surface area (Å²) in [5.41, 5.74) is 0.678. The highest BCUT2D eigenvalue weighted by molar-refractivity contribution is 6.51. The zero-order chi connectivity index (χ0) is 20.5. The van der Waals surface area contributed by atoms with Crippen LogP contribution in [0.25, 0.3) is 5.76 Å². The number of anilines is 1. The van der Waals surface area contributed by atoms with E-state index >= 15 is 0 Å². The van der Waals surface area contributed by atoms with E-state index in [4.69, 9.17) is 11.6 Å². The van der Waals surface area contributed by atoms with Crippen LogP contribution in [0.2, 0.25) is 5.02 Å². The number of hydrogen-bond acceptors (Lipinski definition) is 3. The molecule has 0 spiro atoms. The van der Waals surface area contributed by atoms with Crippen LogP contribution in [0.3, 0.4) is 0 Å². The molecule has 1 fully saturated rings. The van der Waals surface area contributed by atoms with Crippen LogP contribution in [-0.4, -0.2) is 16.8 Å². The number of Topliss-reactive ketones (excluding diaryl/α,β-unsaturated/α-hetero) is 1. The zero-order valence-corrected chi connectivity index (χ0v) is 15.8. The lowest BCUT2D eigenvalue weighted by molar-refractivity contribution is -0.132. The molecule has 144 valence electrons. The van der Waals surface area contributed by atoms with Crippen molar-refractivity contribution < 1.29 is 19.1 Å². The number of rotatable bonds is 3. The summed E-state index contributed by atoms with van der Waals surface area (Å²) in [6, 6.07) is 19.5. The highest BCUT2D eigenvalue weighted by atomic mass is 35.5. The van der Waals surface area contributed by atoms with E-state index in [-0.39, 0.29) is 16.9 Å². The molecule has 0 aromatic heterocycles. The number of nitrogens with zero attached hydrogens (tertiary/aromatic N) is 1. The first kappa shape index (κ1) is 18.9. The van der Waals surface area contributed by atoms with Crippen molar-refractivity contribution in [3.63, 3.8) is 0 Å². The van der Waals surface area contributed by atoms with Gasteiger partial charge in [-0.2, -0.15) is 0 Å². The van der Waals surface area contributed by atoms with Gasteiger partial charge in [0.25, 0.3) is 11.7 Å². The van der Waals surface area contributed by atoms with Gasteiger partial charge in [-0.05, 0) is 42.5 Å². The SMILES string of the molecule is O=C1C(=O)N(c2ccccc2)C(c2ccccc2F)/C1=C(/O)c1ccc(Cl)cc1. The summed E-state index contributed by atoms with van der Waals surface area (Å²) in [4.78, 5) is 27.0. The fraction of sp³-hybridized carbons (Fsp3) is 0.0435. The normalized spacial score (nSPS) is 18.3. The molecule has 3 aromatic carbocycles. The number of amides is 1. The predicted octanol–water partition coefficient (Wildman–Crippen LogP) is 5.11. The lowest BCUT2D eigenvalue weighted by Crippen LogP contribution is -2.29. The number of para-hydroxylation sites is 1. The summed E-state index contributed by atoms with van der Waals surface area (Å²) in [5, 5.41) is 11.4. The molecule has 1 unspecified atom stereocenters. The van der Waals surface area contributed by atoms with E-state index < -0.39 is 23.5 Å². The van der Waals surface area contributed by atoms with E-state index in [2.05, 4.69) is 0 Å². The van der Waals surface area contributed by atoms with E-state index in [0.29, 0.717) is 16.3 Å². The highest BCUT2D eigenvalue weighted by Gasteiger charge is 2.47. The quantitative estimate of drug-likeness (QED) is 0.373. The summed E-state index contributed by atoms with van der Waals surface area (Å²) in [5.74, 6) is -2.68. The fourth-order valence-electron chi connectivity index (χ4n) is 3.44. The van der Waals surface area contributed by atoms with E-state index in [9.17, 15) is 19.1 Å². The van der Waals surface area contributed by atoms with Gasteiger partial charge in [0.05, 0.1) is 11.6 Å². The Labute approximate surface area is 171 Å². The maximum Gasteiger partial charge on any atom is 0.300 e. The molecule has 0 saturated carbocycles. The number of aliphatic hydroxyl groups excluding tert-OH is 1. The number of benzene rings is 3. The van der Waals surface area contributed by atoms with Crippen molar-refractivity contribution in [3.05, 3.63) is 106 Å². The minimum Gasteiger partial charge on any atom is -0.507 e. The van der Waals surface area contributed by atoms with Crippen molar-refractivity contribution in [2.24, 2.45) is 0 Å². The Balaban J connectivity index is 1.97. The van der Waals surface area contributed by atoms with E-state index in [1.54, 1.807) is 48.5 Å². The highest BCUT2D eigenvalue weighted by Crippen LogP contribution is 2.42. The second-order valence-corrected chi connectivity index (χ2v) is 6.97. The second kappa shape index (κ2) is 7.53. The molecule has 0 aliphatic carbocycles. The summed E-state index contributed by atoms with van der Waals surface area (Å²) in [7, 11) is 0. The predicted molar refractivity (Wildman–Crippen MR) is 109 cm³/mol. The molecular weight excluding hydrogens is 393 g/mol. The van der Waals surface area contributed by atoms with Crippen LogP contribution in [0.5, 0.6) is 0 Å². The van der Waals surface area contributed by atoms with Crippen molar-refractivity contribution in [1.82, 2.24) is 0 Å². The first-order chi connectivity index (χ1) is 14.0. The van der Waals surface area contributed by atoms with Crippen LogP contribution < -0.4 is 4.90 Å². The van der Waals surface area contributed by atoms with Gasteiger partial charge in [0.2, 0.25) is 0 Å². The summed E-state index contributed by atoms with van der Waals surface area (Å²) in [6.07, 6.45) is 0. The van der Waals surface area contributed by atoms with E-state index in [1.807, 2.05) is 0 Å². The van der Waals surface area contributed by atoms with Gasteiger partial charge in [-0.3, -0.25) is 14.5 Å². The summed E-state index contributed by atoms with van der Waals surface area (Å²) >= 11 is 5.90. The van der Waals surface area contributed by atoms with Gasteiger partial charge in [0, 0.05) is 21.8 Å². The second-order valence-electron chi connectivity index (χ2n) is 6.53. The molecule has 1 N–H and O–H groups in total. The average Bonchev–Trinajstić information content (AvgIpc) is 3.00. The van der Waals surface area contributed by atoms with Crippen LogP contribution in [0.1, 0.15) is 17.2 Å². The summed E-state index contributed by atoms with van der Waals surface area (Å²) in [6.45, 7) is 0. The van der Waals surface area contributed by atoms with Crippen molar-refractivity contribution >= 4 is 34.7 Å². The Kier molecular flexibility index (Phi) is 4.91. The van der Waals surface area contributed by atoms with Gasteiger partial charge >= 0.3 is 0 Å². The maximum atomic E-state index is 14.7. The van der Waals surface area contributed by atoms with Crippen LogP contribution >= 0.6 is 11.6 Å². The molecule has 0 radical (unpaired) electrons. The smallest absolute Gasteiger partial charge is 0.300 e. The van der Waals surface area contributed by atoms with Gasteiger partial charge in [-0.25, -0.2) is 4.39 Å². The zero-order valence-electron chi connectivity index (χ0n) is 15.0. The number of ketones is 1. The first-order valence-electron chi connectivity index (χ1n) is 8.85. The van der Waals surface area contributed by atoms with Crippen molar-refractivity contribution in [3.8, 4) is 0 Å². The lowest BCUT2D eigenvalue weighted by atomic mass is 9.94. The van der Waals surface area contributed by atoms with Gasteiger partial charge in [0.15, 0.2) is 0 Å². The number of carbonyl (C=O) groups excluding carboxylic acids is 2. The van der Waals surface area contributed by atoms with Crippen LogP contribution in [0, 0.1) is 5.82 Å². The average molecular weight is 408 g/mol. The number of halogens is 2. The molecule has 0 bridgehead atoms. The minimum atomic E-state index is -1.10. The minimum absolute atomic E-state index is 0.117. The third kappa shape index (κ3) is 3.30. The summed E-state index contributed by atoms with van der Waals surface area (Å²) < 4.78 is 14.7. The standard InChI is InChI=1S/C23H15ClFNO3/c24-15-12-10-14(11-13-15)21(27)19-20(17-8-4-5-9-18(17)25)26(23(29)22(19)28)16-6-2-1-3-7-16/h1-13,20,27H/b21-19-. The largest absolute Gasteiger partial charge is 0.507 e. The molecule has 1 heterocycles. The van der Waals surface area contributed by atoms with Crippen molar-refractivity contribution in [2.75, 3.05) is 4.90 Å². The van der Waals surface area contributed by atoms with Gasteiger partial charge in [0.1, 0.15) is 11.6 Å². The number of carbonyl (C=O) groups is 2. The Hall–Kier alpha value is -3.44.